The second-order valence-electron chi connectivity index (χ2n) is 6.32. The Kier molecular flexibility index (Phi) is 6.81. The minimum Gasteiger partial charge on any atom is -0.451 e. The average molecular weight is 444 g/mol. The maximum absolute atomic E-state index is 12.4. The van der Waals surface area contributed by atoms with Crippen molar-refractivity contribution < 1.29 is 19.1 Å². The zero-order valence-electron chi connectivity index (χ0n) is 16.2. The quantitative estimate of drug-likeness (QED) is 0.545. The lowest BCUT2D eigenvalue weighted by molar-refractivity contribution is -0.119. The lowest BCUT2D eigenvalue weighted by Crippen LogP contribution is -2.20. The molecular formula is C21H18ClN3O4S. The SMILES string of the molecule is CC(=O)Nc1ccc(NC(=O)COC(=O)c2sc(-c3ccc(Cl)cc3)nc2C)cc1. The molecular weight excluding hydrogens is 426 g/mol. The van der Waals surface area contributed by atoms with Crippen LogP contribution in [0.2, 0.25) is 5.02 Å². The lowest BCUT2D eigenvalue weighted by Gasteiger charge is -2.07. The summed E-state index contributed by atoms with van der Waals surface area (Å²) in [6.07, 6.45) is 0. The molecule has 2 N–H and O–H groups in total. The Bertz CT molecular complexity index is 1080. The van der Waals surface area contributed by atoms with Crippen LogP contribution < -0.4 is 10.6 Å². The van der Waals surface area contributed by atoms with Gasteiger partial charge >= 0.3 is 5.97 Å². The predicted octanol–water partition coefficient (Wildman–Crippen LogP) is 4.53. The van der Waals surface area contributed by atoms with E-state index < -0.39 is 18.5 Å². The monoisotopic (exact) mass is 443 g/mol. The highest BCUT2D eigenvalue weighted by atomic mass is 35.5. The summed E-state index contributed by atoms with van der Waals surface area (Å²) in [5.41, 5.74) is 2.50. The van der Waals surface area contributed by atoms with Crippen molar-refractivity contribution in [3.63, 3.8) is 0 Å². The summed E-state index contributed by atoms with van der Waals surface area (Å²) in [4.78, 5) is 40.2. The number of halogens is 1. The minimum absolute atomic E-state index is 0.184. The molecule has 3 rings (SSSR count). The summed E-state index contributed by atoms with van der Waals surface area (Å²) in [7, 11) is 0. The highest BCUT2D eigenvalue weighted by Gasteiger charge is 2.18. The number of carbonyl (C=O) groups excluding carboxylic acids is 3. The fourth-order valence-electron chi connectivity index (χ4n) is 2.54. The van der Waals surface area contributed by atoms with E-state index in [0.717, 1.165) is 5.56 Å². The molecule has 9 heteroatoms. The average Bonchev–Trinajstić information content (AvgIpc) is 3.09. The molecule has 1 aromatic heterocycles. The van der Waals surface area contributed by atoms with Crippen molar-refractivity contribution in [3.05, 3.63) is 64.1 Å². The molecule has 0 fully saturated rings. The molecule has 0 aliphatic heterocycles. The minimum atomic E-state index is -0.610. The molecule has 0 radical (unpaired) electrons. The van der Waals surface area contributed by atoms with Gasteiger partial charge in [0.25, 0.3) is 5.91 Å². The number of ether oxygens (including phenoxy) is 1. The van der Waals surface area contributed by atoms with Crippen LogP contribution in [0.5, 0.6) is 0 Å². The molecule has 0 bridgehead atoms. The van der Waals surface area contributed by atoms with Gasteiger partial charge in [0.1, 0.15) is 9.88 Å². The molecule has 2 aromatic carbocycles. The zero-order valence-corrected chi connectivity index (χ0v) is 17.8. The second-order valence-corrected chi connectivity index (χ2v) is 7.76. The van der Waals surface area contributed by atoms with E-state index in [1.54, 1.807) is 43.3 Å². The number of hydrogen-bond donors (Lipinski definition) is 2. The molecule has 3 aromatic rings. The first-order valence-electron chi connectivity index (χ1n) is 8.90. The summed E-state index contributed by atoms with van der Waals surface area (Å²) in [6.45, 7) is 2.69. The number of aryl methyl sites for hydroxylation is 1. The van der Waals surface area contributed by atoms with Crippen molar-refractivity contribution in [1.29, 1.82) is 0 Å². The molecule has 1 heterocycles. The van der Waals surface area contributed by atoms with Crippen molar-refractivity contribution in [2.75, 3.05) is 17.2 Å². The van der Waals surface area contributed by atoms with Crippen molar-refractivity contribution >= 4 is 52.1 Å². The van der Waals surface area contributed by atoms with Gasteiger partial charge in [-0.1, -0.05) is 23.7 Å². The number of rotatable bonds is 6. The summed E-state index contributed by atoms with van der Waals surface area (Å²) < 4.78 is 5.13. The third kappa shape index (κ3) is 5.65. The van der Waals surface area contributed by atoms with E-state index in [-0.39, 0.29) is 5.91 Å². The summed E-state index contributed by atoms with van der Waals surface area (Å²) in [6, 6.07) is 13.7. The first-order chi connectivity index (χ1) is 14.3. The van der Waals surface area contributed by atoms with Crippen LogP contribution >= 0.6 is 22.9 Å². The number of aromatic nitrogens is 1. The van der Waals surface area contributed by atoms with Gasteiger partial charge in [-0.15, -0.1) is 11.3 Å². The molecule has 154 valence electrons. The Hall–Kier alpha value is -3.23. The van der Waals surface area contributed by atoms with Gasteiger partial charge in [0.2, 0.25) is 5.91 Å². The van der Waals surface area contributed by atoms with Gasteiger partial charge in [0.05, 0.1) is 5.69 Å². The van der Waals surface area contributed by atoms with Crippen LogP contribution in [0.4, 0.5) is 11.4 Å². The normalized spacial score (nSPS) is 10.4. The lowest BCUT2D eigenvalue weighted by atomic mass is 10.2. The first-order valence-corrected chi connectivity index (χ1v) is 10.1. The Morgan fingerprint density at radius 2 is 1.60 bits per heavy atom. The molecule has 0 atom stereocenters. The van der Waals surface area contributed by atoms with E-state index in [9.17, 15) is 14.4 Å². The van der Waals surface area contributed by atoms with Gasteiger partial charge in [0.15, 0.2) is 6.61 Å². The van der Waals surface area contributed by atoms with Crippen LogP contribution in [-0.2, 0) is 14.3 Å². The highest BCUT2D eigenvalue weighted by molar-refractivity contribution is 7.17. The van der Waals surface area contributed by atoms with E-state index in [1.165, 1.54) is 18.3 Å². The number of benzene rings is 2. The van der Waals surface area contributed by atoms with Crippen molar-refractivity contribution in [2.24, 2.45) is 0 Å². The number of amides is 2. The van der Waals surface area contributed by atoms with E-state index in [0.29, 0.717) is 32.0 Å². The highest BCUT2D eigenvalue weighted by Crippen LogP contribution is 2.29. The maximum atomic E-state index is 12.4. The number of carbonyl (C=O) groups is 3. The Balaban J connectivity index is 1.57. The Morgan fingerprint density at radius 3 is 2.20 bits per heavy atom. The molecule has 0 saturated carbocycles. The molecule has 0 saturated heterocycles. The smallest absolute Gasteiger partial charge is 0.350 e. The maximum Gasteiger partial charge on any atom is 0.350 e. The Labute approximate surface area is 182 Å². The third-order valence-electron chi connectivity index (χ3n) is 3.90. The predicted molar refractivity (Wildman–Crippen MR) is 117 cm³/mol. The number of anilines is 2. The molecule has 2 amide bonds. The van der Waals surface area contributed by atoms with Crippen LogP contribution in [0.3, 0.4) is 0 Å². The van der Waals surface area contributed by atoms with Crippen molar-refractivity contribution in [1.82, 2.24) is 4.98 Å². The molecule has 0 spiro atoms. The number of nitrogens with one attached hydrogen (secondary N) is 2. The zero-order chi connectivity index (χ0) is 21.7. The van der Waals surface area contributed by atoms with Crippen LogP contribution in [0.15, 0.2) is 48.5 Å². The van der Waals surface area contributed by atoms with E-state index >= 15 is 0 Å². The molecule has 0 aliphatic rings. The summed E-state index contributed by atoms with van der Waals surface area (Å²) in [5, 5.41) is 6.54. The third-order valence-corrected chi connectivity index (χ3v) is 5.34. The molecule has 30 heavy (non-hydrogen) atoms. The molecule has 7 nitrogen and oxygen atoms in total. The number of hydrogen-bond acceptors (Lipinski definition) is 6. The number of nitrogens with zero attached hydrogens (tertiary/aromatic N) is 1. The standard InChI is InChI=1S/C21H18ClN3O4S/c1-12-19(30-20(23-12)14-3-5-15(22)6-4-14)21(28)29-11-18(27)25-17-9-7-16(8-10-17)24-13(2)26/h3-10H,11H2,1-2H3,(H,24,26)(H,25,27). The summed E-state index contributed by atoms with van der Waals surface area (Å²) in [5.74, 6) is -1.27. The molecule has 0 aliphatic carbocycles. The van der Waals surface area contributed by atoms with Gasteiger partial charge < -0.3 is 15.4 Å². The number of esters is 1. The van der Waals surface area contributed by atoms with E-state index in [1.807, 2.05) is 12.1 Å². The summed E-state index contributed by atoms with van der Waals surface area (Å²) >= 11 is 7.09. The second kappa shape index (κ2) is 9.51. The van der Waals surface area contributed by atoms with Crippen molar-refractivity contribution in [2.45, 2.75) is 13.8 Å². The van der Waals surface area contributed by atoms with E-state index in [2.05, 4.69) is 15.6 Å². The van der Waals surface area contributed by atoms with Gasteiger partial charge in [-0.3, -0.25) is 9.59 Å². The van der Waals surface area contributed by atoms with Gasteiger partial charge in [-0.05, 0) is 43.3 Å². The topological polar surface area (TPSA) is 97.4 Å². The number of thiazole rings is 1. The largest absolute Gasteiger partial charge is 0.451 e. The Morgan fingerprint density at radius 1 is 1.00 bits per heavy atom. The molecule has 0 unspecified atom stereocenters. The van der Waals surface area contributed by atoms with Crippen molar-refractivity contribution in [3.8, 4) is 10.6 Å². The fraction of sp³-hybridized carbons (Fsp3) is 0.143. The van der Waals surface area contributed by atoms with Crippen LogP contribution in [0, 0.1) is 6.92 Å². The van der Waals surface area contributed by atoms with Gasteiger partial charge in [0, 0.05) is 28.9 Å². The van der Waals surface area contributed by atoms with E-state index in [4.69, 9.17) is 16.3 Å². The van der Waals surface area contributed by atoms with Crippen LogP contribution in [0.25, 0.3) is 10.6 Å². The first kappa shape index (κ1) is 21.5. The van der Waals surface area contributed by atoms with Crippen LogP contribution in [0.1, 0.15) is 22.3 Å². The van der Waals surface area contributed by atoms with Gasteiger partial charge in [-0.2, -0.15) is 0 Å². The fourth-order valence-corrected chi connectivity index (χ4v) is 3.63. The van der Waals surface area contributed by atoms with Gasteiger partial charge in [-0.25, -0.2) is 9.78 Å². The van der Waals surface area contributed by atoms with Crippen LogP contribution in [-0.4, -0.2) is 29.4 Å².